The molecule has 21 heavy (non-hydrogen) atoms. The highest BCUT2D eigenvalue weighted by atomic mass is 32.1. The number of amides is 1. The van der Waals surface area contributed by atoms with E-state index in [-0.39, 0.29) is 5.91 Å². The van der Waals surface area contributed by atoms with Crippen LogP contribution in [0.5, 0.6) is 0 Å². The van der Waals surface area contributed by atoms with E-state index >= 15 is 0 Å². The molecule has 3 rings (SSSR count). The van der Waals surface area contributed by atoms with Crippen LogP contribution in [0.2, 0.25) is 0 Å². The van der Waals surface area contributed by atoms with Gasteiger partial charge in [-0.25, -0.2) is 0 Å². The van der Waals surface area contributed by atoms with Gasteiger partial charge >= 0.3 is 0 Å². The molecule has 0 aliphatic carbocycles. The van der Waals surface area contributed by atoms with Crippen molar-refractivity contribution in [2.24, 2.45) is 7.05 Å². The summed E-state index contributed by atoms with van der Waals surface area (Å²) in [5.74, 6) is 0.131. The molecule has 1 aliphatic rings. The van der Waals surface area contributed by atoms with Crippen molar-refractivity contribution in [1.82, 2.24) is 14.7 Å². The standard InChI is InChI=1S/C16H19N3OS/c1-11-6-8-19(9-7-11)16(20)15-5-4-14(21-15)13-10-12(2)18(3)17-13/h4-5,10H,1,6-9H2,2-3H3. The molecule has 0 atom stereocenters. The van der Waals surface area contributed by atoms with Crippen LogP contribution in [0.1, 0.15) is 28.2 Å². The Morgan fingerprint density at radius 1 is 1.33 bits per heavy atom. The van der Waals surface area contributed by atoms with Gasteiger partial charge in [-0.15, -0.1) is 11.3 Å². The lowest BCUT2D eigenvalue weighted by Gasteiger charge is -2.27. The van der Waals surface area contributed by atoms with Crippen molar-refractivity contribution < 1.29 is 4.79 Å². The van der Waals surface area contributed by atoms with Crippen LogP contribution in [0, 0.1) is 6.92 Å². The first-order valence-electron chi connectivity index (χ1n) is 7.11. The number of nitrogens with zero attached hydrogens (tertiary/aromatic N) is 3. The summed E-state index contributed by atoms with van der Waals surface area (Å²) in [5, 5.41) is 4.47. The number of carbonyl (C=O) groups excluding carboxylic acids is 1. The predicted molar refractivity (Wildman–Crippen MR) is 85.5 cm³/mol. The summed E-state index contributed by atoms with van der Waals surface area (Å²) < 4.78 is 1.85. The molecule has 1 saturated heterocycles. The van der Waals surface area contributed by atoms with Crippen molar-refractivity contribution in [2.75, 3.05) is 13.1 Å². The number of aryl methyl sites for hydroxylation is 2. The minimum absolute atomic E-state index is 0.131. The Bertz CT molecular complexity index is 669. The molecule has 1 amide bonds. The monoisotopic (exact) mass is 301 g/mol. The molecule has 0 spiro atoms. The molecule has 0 aromatic carbocycles. The van der Waals surface area contributed by atoms with Crippen LogP contribution in [0.25, 0.3) is 10.6 Å². The SMILES string of the molecule is C=C1CCN(C(=O)c2ccc(-c3cc(C)n(C)n3)s2)CC1. The number of carbonyl (C=O) groups is 1. The minimum atomic E-state index is 0.131. The smallest absolute Gasteiger partial charge is 0.263 e. The number of rotatable bonds is 2. The highest BCUT2D eigenvalue weighted by Gasteiger charge is 2.21. The van der Waals surface area contributed by atoms with Crippen molar-refractivity contribution in [3.05, 3.63) is 40.9 Å². The lowest BCUT2D eigenvalue weighted by molar-refractivity contribution is 0.0748. The third kappa shape index (κ3) is 2.78. The quantitative estimate of drug-likeness (QED) is 0.799. The Morgan fingerprint density at radius 3 is 2.67 bits per heavy atom. The Labute approximate surface area is 128 Å². The first kappa shape index (κ1) is 14.1. The largest absolute Gasteiger partial charge is 0.337 e. The van der Waals surface area contributed by atoms with Gasteiger partial charge in [0.1, 0.15) is 5.69 Å². The molecule has 0 bridgehead atoms. The summed E-state index contributed by atoms with van der Waals surface area (Å²) in [6.45, 7) is 7.58. The van der Waals surface area contributed by atoms with E-state index in [0.29, 0.717) is 0 Å². The van der Waals surface area contributed by atoms with E-state index in [1.165, 1.54) is 16.9 Å². The van der Waals surface area contributed by atoms with Crippen molar-refractivity contribution in [2.45, 2.75) is 19.8 Å². The first-order valence-corrected chi connectivity index (χ1v) is 7.93. The molecular formula is C16H19N3OS. The Kier molecular flexibility index (Phi) is 3.68. The van der Waals surface area contributed by atoms with Crippen LogP contribution in [0.4, 0.5) is 0 Å². The van der Waals surface area contributed by atoms with Crippen molar-refractivity contribution in [3.63, 3.8) is 0 Å². The molecule has 1 aliphatic heterocycles. The van der Waals surface area contributed by atoms with Crippen LogP contribution >= 0.6 is 11.3 Å². The van der Waals surface area contributed by atoms with Gasteiger partial charge in [-0.2, -0.15) is 5.10 Å². The van der Waals surface area contributed by atoms with E-state index in [0.717, 1.165) is 47.1 Å². The number of likely N-dealkylation sites (tertiary alicyclic amines) is 1. The molecule has 2 aromatic rings. The number of hydrogen-bond donors (Lipinski definition) is 0. The normalized spacial score (nSPS) is 15.5. The summed E-state index contributed by atoms with van der Waals surface area (Å²) in [6, 6.07) is 5.95. The zero-order valence-electron chi connectivity index (χ0n) is 12.4. The van der Waals surface area contributed by atoms with E-state index in [1.807, 2.05) is 41.8 Å². The molecule has 5 heteroatoms. The summed E-state index contributed by atoms with van der Waals surface area (Å²) in [4.78, 5) is 16.3. The number of hydrogen-bond acceptors (Lipinski definition) is 3. The lowest BCUT2D eigenvalue weighted by Crippen LogP contribution is -2.35. The lowest BCUT2D eigenvalue weighted by atomic mass is 10.1. The molecule has 2 aromatic heterocycles. The Hall–Kier alpha value is -1.88. The molecule has 3 heterocycles. The van der Waals surface area contributed by atoms with Gasteiger partial charge in [-0.05, 0) is 38.0 Å². The van der Waals surface area contributed by atoms with E-state index < -0.39 is 0 Å². The second kappa shape index (κ2) is 5.48. The summed E-state index contributed by atoms with van der Waals surface area (Å²) in [5.41, 5.74) is 3.29. The second-order valence-corrected chi connectivity index (χ2v) is 6.58. The third-order valence-electron chi connectivity index (χ3n) is 3.94. The molecule has 110 valence electrons. The molecule has 0 N–H and O–H groups in total. The fraction of sp³-hybridized carbons (Fsp3) is 0.375. The van der Waals surface area contributed by atoms with E-state index in [1.54, 1.807) is 0 Å². The molecule has 0 radical (unpaired) electrons. The van der Waals surface area contributed by atoms with Gasteiger partial charge in [0.2, 0.25) is 0 Å². The Morgan fingerprint density at radius 2 is 2.05 bits per heavy atom. The van der Waals surface area contributed by atoms with Crippen molar-refractivity contribution >= 4 is 17.2 Å². The highest BCUT2D eigenvalue weighted by molar-refractivity contribution is 7.17. The minimum Gasteiger partial charge on any atom is -0.337 e. The van der Waals surface area contributed by atoms with Crippen LogP contribution in [0.3, 0.4) is 0 Å². The number of aromatic nitrogens is 2. The van der Waals surface area contributed by atoms with Gasteiger partial charge in [0.25, 0.3) is 5.91 Å². The topological polar surface area (TPSA) is 38.1 Å². The second-order valence-electron chi connectivity index (χ2n) is 5.50. The van der Waals surface area contributed by atoms with E-state index in [2.05, 4.69) is 11.7 Å². The van der Waals surface area contributed by atoms with E-state index in [4.69, 9.17) is 0 Å². The average molecular weight is 301 g/mol. The maximum atomic E-state index is 12.5. The van der Waals surface area contributed by atoms with Crippen LogP contribution in [-0.2, 0) is 7.05 Å². The van der Waals surface area contributed by atoms with Crippen LogP contribution in [0.15, 0.2) is 30.4 Å². The van der Waals surface area contributed by atoms with Gasteiger partial charge in [-0.3, -0.25) is 9.48 Å². The molecule has 0 unspecified atom stereocenters. The molecular weight excluding hydrogens is 282 g/mol. The van der Waals surface area contributed by atoms with Gasteiger partial charge in [0, 0.05) is 25.8 Å². The molecule has 4 nitrogen and oxygen atoms in total. The summed E-state index contributed by atoms with van der Waals surface area (Å²) in [7, 11) is 1.93. The molecule has 1 fully saturated rings. The maximum Gasteiger partial charge on any atom is 0.263 e. The zero-order chi connectivity index (χ0) is 15.0. The third-order valence-corrected chi connectivity index (χ3v) is 5.04. The fourth-order valence-electron chi connectivity index (χ4n) is 2.45. The number of piperidine rings is 1. The van der Waals surface area contributed by atoms with Gasteiger partial charge in [0.05, 0.1) is 9.75 Å². The van der Waals surface area contributed by atoms with Crippen LogP contribution < -0.4 is 0 Å². The fourth-order valence-corrected chi connectivity index (χ4v) is 3.38. The van der Waals surface area contributed by atoms with Gasteiger partial charge in [0.15, 0.2) is 0 Å². The summed E-state index contributed by atoms with van der Waals surface area (Å²) in [6.07, 6.45) is 1.84. The molecule has 0 saturated carbocycles. The van der Waals surface area contributed by atoms with Crippen LogP contribution in [-0.4, -0.2) is 33.7 Å². The van der Waals surface area contributed by atoms with E-state index in [9.17, 15) is 4.79 Å². The maximum absolute atomic E-state index is 12.5. The van der Waals surface area contributed by atoms with Crippen molar-refractivity contribution in [3.8, 4) is 10.6 Å². The average Bonchev–Trinajstić information content (AvgIpc) is 3.07. The predicted octanol–water partition coefficient (Wildman–Crippen LogP) is 3.25. The van der Waals surface area contributed by atoms with Gasteiger partial charge in [-0.1, -0.05) is 12.2 Å². The van der Waals surface area contributed by atoms with Crippen molar-refractivity contribution in [1.29, 1.82) is 0 Å². The Balaban J connectivity index is 1.78. The summed E-state index contributed by atoms with van der Waals surface area (Å²) >= 11 is 1.52. The highest BCUT2D eigenvalue weighted by Crippen LogP contribution is 2.29. The first-order chi connectivity index (χ1) is 10.0. The van der Waals surface area contributed by atoms with Gasteiger partial charge < -0.3 is 4.90 Å². The zero-order valence-corrected chi connectivity index (χ0v) is 13.2. The number of thiophene rings is 1.